The molecule has 6 aromatic carbocycles. The first-order chi connectivity index (χ1) is 20.4. The van der Waals surface area contributed by atoms with Gasteiger partial charge in [-0.3, -0.25) is 0 Å². The fourth-order valence-corrected chi connectivity index (χ4v) is 8.07. The van der Waals surface area contributed by atoms with Gasteiger partial charge >= 0.3 is 0 Å². The molecule has 0 N–H and O–H groups in total. The Morgan fingerprint density at radius 3 is 1.02 bits per heavy atom. The molecule has 6 aromatic rings. The van der Waals surface area contributed by atoms with Crippen molar-refractivity contribution < 1.29 is 17.6 Å². The molecule has 2 aliphatic rings. The summed E-state index contributed by atoms with van der Waals surface area (Å²) in [5.41, 5.74) is 3.75. The highest BCUT2D eigenvalue weighted by Crippen LogP contribution is 2.67. The number of aryl methyl sites for hydroxylation is 2. The maximum atomic E-state index is 15.3. The second kappa shape index (κ2) is 8.90. The molecule has 0 fully saturated rings. The van der Waals surface area contributed by atoms with Gasteiger partial charge in [0.2, 0.25) is 0 Å². The van der Waals surface area contributed by atoms with E-state index in [9.17, 15) is 0 Å². The minimum atomic E-state index is -1.30. The smallest absolute Gasteiger partial charge is 0.123 e. The normalized spacial score (nSPS) is 15.8. The molecule has 0 amide bonds. The fourth-order valence-electron chi connectivity index (χ4n) is 8.07. The maximum absolute atomic E-state index is 15.3. The molecule has 0 bridgehead atoms. The first kappa shape index (κ1) is 25.0. The number of rotatable bonds is 4. The third-order valence-electron chi connectivity index (χ3n) is 9.40. The van der Waals surface area contributed by atoms with Gasteiger partial charge in [0, 0.05) is 0 Å². The predicted octanol–water partition coefficient (Wildman–Crippen LogP) is 9.18. The summed E-state index contributed by atoms with van der Waals surface area (Å²) in [7, 11) is 0. The molecule has 0 atom stereocenters. The van der Waals surface area contributed by atoms with E-state index in [1.165, 1.54) is 59.7 Å². The zero-order chi connectivity index (χ0) is 28.6. The Bertz CT molecular complexity index is 1820. The second-order valence-corrected chi connectivity index (χ2v) is 11.3. The largest absolute Gasteiger partial charge is 0.207 e. The highest BCUT2D eigenvalue weighted by molar-refractivity contribution is 6.03. The van der Waals surface area contributed by atoms with E-state index < -0.39 is 34.1 Å². The Labute approximate surface area is 240 Å². The summed E-state index contributed by atoms with van der Waals surface area (Å²) in [4.78, 5) is 0. The molecule has 0 nitrogen and oxygen atoms in total. The fraction of sp³-hybridized carbons (Fsp3) is 0.105. The highest BCUT2D eigenvalue weighted by atomic mass is 19.1. The molecular formula is C38H24F4. The third-order valence-corrected chi connectivity index (χ3v) is 9.40. The van der Waals surface area contributed by atoms with E-state index in [1.807, 2.05) is 24.3 Å². The monoisotopic (exact) mass is 556 g/mol. The first-order valence-corrected chi connectivity index (χ1v) is 14.1. The van der Waals surface area contributed by atoms with Gasteiger partial charge in [0.1, 0.15) is 23.3 Å². The number of hydrogen-bond donors (Lipinski definition) is 0. The van der Waals surface area contributed by atoms with Crippen molar-refractivity contribution in [2.75, 3.05) is 0 Å². The Morgan fingerprint density at radius 1 is 0.381 bits per heavy atom. The van der Waals surface area contributed by atoms with Gasteiger partial charge in [-0.05, 0) is 117 Å². The van der Waals surface area contributed by atoms with Crippen LogP contribution in [0, 0.1) is 23.3 Å². The van der Waals surface area contributed by atoms with Crippen LogP contribution < -0.4 is 0 Å². The Balaban J connectivity index is 1.71. The van der Waals surface area contributed by atoms with E-state index in [0.29, 0.717) is 22.3 Å². The van der Waals surface area contributed by atoms with Crippen LogP contribution in [-0.2, 0) is 23.7 Å². The van der Waals surface area contributed by atoms with Crippen LogP contribution in [0.2, 0.25) is 0 Å². The van der Waals surface area contributed by atoms with Gasteiger partial charge < -0.3 is 0 Å². The van der Waals surface area contributed by atoms with Gasteiger partial charge in [-0.15, -0.1) is 0 Å². The van der Waals surface area contributed by atoms with Crippen LogP contribution >= 0.6 is 0 Å². The highest BCUT2D eigenvalue weighted by Gasteiger charge is 2.63. The van der Waals surface area contributed by atoms with Crippen molar-refractivity contribution in [3.05, 3.63) is 189 Å². The molecular weight excluding hydrogens is 532 g/mol. The van der Waals surface area contributed by atoms with E-state index in [4.69, 9.17) is 0 Å². The number of benzene rings is 6. The zero-order valence-corrected chi connectivity index (χ0v) is 22.5. The molecule has 0 spiro atoms. The van der Waals surface area contributed by atoms with Crippen LogP contribution in [0.4, 0.5) is 17.6 Å². The SMILES string of the molecule is Fc1cccc(C2(c3cccc(F)c3)c3ccc4c5c(ccc(c35)C2(c2cccc(F)c2)c2cccc(F)c2)CC4)c1. The standard InChI is InChI=1S/C38H24F4/c39-29-9-1-5-25(19-29)37(26-6-2-10-30(40)20-26)33-17-15-23-13-14-24-16-18-34(36(33)35(23)24)38(37,27-7-3-11-31(41)21-27)28-8-4-12-32(42)22-28/h1-12,15-22H,13-14H2. The van der Waals surface area contributed by atoms with E-state index in [1.54, 1.807) is 24.3 Å². The van der Waals surface area contributed by atoms with Crippen molar-refractivity contribution in [2.24, 2.45) is 0 Å². The summed E-state index contributed by atoms with van der Waals surface area (Å²) >= 11 is 0. The summed E-state index contributed by atoms with van der Waals surface area (Å²) in [6.07, 6.45) is 1.77. The summed E-state index contributed by atoms with van der Waals surface area (Å²) in [6.45, 7) is 0. The lowest BCUT2D eigenvalue weighted by Crippen LogP contribution is -2.49. The van der Waals surface area contributed by atoms with Crippen molar-refractivity contribution in [1.29, 1.82) is 0 Å². The second-order valence-electron chi connectivity index (χ2n) is 11.3. The number of hydrogen-bond acceptors (Lipinski definition) is 0. The molecule has 0 saturated heterocycles. The van der Waals surface area contributed by atoms with Crippen LogP contribution in [0.25, 0.3) is 10.8 Å². The van der Waals surface area contributed by atoms with E-state index in [2.05, 4.69) is 24.3 Å². The summed E-state index contributed by atoms with van der Waals surface area (Å²) in [5.74, 6) is -1.82. The molecule has 0 aliphatic heterocycles. The quantitative estimate of drug-likeness (QED) is 0.190. The average Bonchev–Trinajstić information content (AvgIpc) is 3.52. The van der Waals surface area contributed by atoms with Crippen molar-refractivity contribution in [3.63, 3.8) is 0 Å². The molecule has 4 heteroatoms. The molecule has 2 aliphatic carbocycles. The van der Waals surface area contributed by atoms with Gasteiger partial charge in [-0.1, -0.05) is 72.8 Å². The Morgan fingerprint density at radius 2 is 0.714 bits per heavy atom. The summed E-state index contributed by atoms with van der Waals surface area (Å²) in [5, 5.41) is 2.10. The lowest BCUT2D eigenvalue weighted by atomic mass is 9.50. The lowest BCUT2D eigenvalue weighted by Gasteiger charge is -2.49. The van der Waals surface area contributed by atoms with Crippen molar-refractivity contribution in [1.82, 2.24) is 0 Å². The molecule has 8 rings (SSSR count). The topological polar surface area (TPSA) is 0 Å². The van der Waals surface area contributed by atoms with Crippen molar-refractivity contribution in [3.8, 4) is 0 Å². The molecule has 0 aromatic heterocycles. The molecule has 42 heavy (non-hydrogen) atoms. The molecule has 0 unspecified atom stereocenters. The minimum Gasteiger partial charge on any atom is -0.207 e. The van der Waals surface area contributed by atoms with Gasteiger partial charge in [-0.25, -0.2) is 17.6 Å². The van der Waals surface area contributed by atoms with Crippen LogP contribution in [-0.4, -0.2) is 0 Å². The van der Waals surface area contributed by atoms with E-state index in [0.717, 1.165) is 34.7 Å². The predicted molar refractivity (Wildman–Crippen MR) is 157 cm³/mol. The molecule has 0 saturated carbocycles. The van der Waals surface area contributed by atoms with Gasteiger partial charge in [0.25, 0.3) is 0 Å². The van der Waals surface area contributed by atoms with Crippen molar-refractivity contribution >= 4 is 10.8 Å². The molecule has 204 valence electrons. The molecule has 0 radical (unpaired) electrons. The van der Waals surface area contributed by atoms with Gasteiger partial charge in [0.15, 0.2) is 0 Å². The maximum Gasteiger partial charge on any atom is 0.123 e. The lowest BCUT2D eigenvalue weighted by molar-refractivity contribution is 0.433. The van der Waals surface area contributed by atoms with Gasteiger partial charge in [0.05, 0.1) is 10.8 Å². The number of halogens is 4. The van der Waals surface area contributed by atoms with E-state index in [-0.39, 0.29) is 0 Å². The van der Waals surface area contributed by atoms with Gasteiger partial charge in [-0.2, -0.15) is 0 Å². The van der Waals surface area contributed by atoms with Crippen LogP contribution in [0.15, 0.2) is 121 Å². The van der Waals surface area contributed by atoms with Crippen LogP contribution in [0.5, 0.6) is 0 Å². The van der Waals surface area contributed by atoms with Crippen molar-refractivity contribution in [2.45, 2.75) is 23.7 Å². The summed E-state index contributed by atoms with van der Waals surface area (Å²) in [6, 6.07) is 33.7. The Kier molecular flexibility index (Phi) is 5.31. The van der Waals surface area contributed by atoms with E-state index >= 15 is 17.6 Å². The average molecular weight is 557 g/mol. The Hall–Kier alpha value is -4.70. The van der Waals surface area contributed by atoms with Crippen LogP contribution in [0.1, 0.15) is 44.5 Å². The van der Waals surface area contributed by atoms with Crippen LogP contribution in [0.3, 0.4) is 0 Å². The molecule has 0 heterocycles. The summed E-state index contributed by atoms with van der Waals surface area (Å²) < 4.78 is 61.3. The zero-order valence-electron chi connectivity index (χ0n) is 22.5. The first-order valence-electron chi connectivity index (χ1n) is 14.1. The minimum absolute atomic E-state index is 0.454. The third kappa shape index (κ3) is 3.12.